The van der Waals surface area contributed by atoms with Gasteiger partial charge in [0, 0.05) is 12.1 Å². The van der Waals surface area contributed by atoms with E-state index in [0.717, 1.165) is 6.42 Å². The summed E-state index contributed by atoms with van der Waals surface area (Å²) in [5.41, 5.74) is 6.12. The van der Waals surface area contributed by atoms with Gasteiger partial charge in [0.15, 0.2) is 0 Å². The number of hydrogen-bond acceptors (Lipinski definition) is 3. The fourth-order valence-corrected chi connectivity index (χ4v) is 1.45. The van der Waals surface area contributed by atoms with Crippen molar-refractivity contribution in [3.63, 3.8) is 0 Å². The summed E-state index contributed by atoms with van der Waals surface area (Å²) in [7, 11) is 0. The maximum Gasteiger partial charge on any atom is 0.335 e. The van der Waals surface area contributed by atoms with Gasteiger partial charge in [-0.3, -0.25) is 4.79 Å². The Balaban J connectivity index is 2.54. The third-order valence-electron chi connectivity index (χ3n) is 2.66. The standard InChI is InChI=1S/C13H18N2O3/c1-9(8-14)5-6-12(16)15-11-4-2-3-10(7-11)13(17)18/h2-4,7,9H,5-6,8,14H2,1H3,(H,15,16)(H,17,18). The first kappa shape index (κ1) is 14.2. The number of aromatic carboxylic acids is 1. The number of carbonyl (C=O) groups is 2. The lowest BCUT2D eigenvalue weighted by Crippen LogP contribution is -2.16. The van der Waals surface area contributed by atoms with Gasteiger partial charge in [0.2, 0.25) is 5.91 Å². The van der Waals surface area contributed by atoms with Crippen molar-refractivity contribution in [1.82, 2.24) is 0 Å². The highest BCUT2D eigenvalue weighted by Gasteiger charge is 2.07. The van der Waals surface area contributed by atoms with Crippen molar-refractivity contribution in [3.8, 4) is 0 Å². The molecule has 0 aliphatic rings. The van der Waals surface area contributed by atoms with Gasteiger partial charge in [-0.25, -0.2) is 4.79 Å². The van der Waals surface area contributed by atoms with E-state index in [4.69, 9.17) is 10.8 Å². The average molecular weight is 250 g/mol. The van der Waals surface area contributed by atoms with Crippen molar-refractivity contribution >= 4 is 17.6 Å². The van der Waals surface area contributed by atoms with Gasteiger partial charge in [-0.15, -0.1) is 0 Å². The predicted octanol–water partition coefficient (Wildman–Crippen LogP) is 1.70. The molecule has 0 aliphatic heterocycles. The Labute approximate surface area is 106 Å². The second-order valence-corrected chi connectivity index (χ2v) is 4.31. The van der Waals surface area contributed by atoms with Crippen molar-refractivity contribution in [1.29, 1.82) is 0 Å². The molecule has 1 aromatic carbocycles. The number of carbonyl (C=O) groups excluding carboxylic acids is 1. The molecule has 0 saturated carbocycles. The Hall–Kier alpha value is -1.88. The van der Waals surface area contributed by atoms with Crippen molar-refractivity contribution in [2.75, 3.05) is 11.9 Å². The molecule has 1 atom stereocenters. The van der Waals surface area contributed by atoms with Crippen LogP contribution >= 0.6 is 0 Å². The van der Waals surface area contributed by atoms with E-state index in [1.165, 1.54) is 12.1 Å². The highest BCUT2D eigenvalue weighted by Crippen LogP contribution is 2.12. The first-order chi connectivity index (χ1) is 8.52. The Morgan fingerprint density at radius 1 is 1.44 bits per heavy atom. The number of anilines is 1. The number of nitrogens with two attached hydrogens (primary N) is 1. The SMILES string of the molecule is CC(CN)CCC(=O)Nc1cccc(C(=O)O)c1. The lowest BCUT2D eigenvalue weighted by atomic mass is 10.1. The zero-order valence-electron chi connectivity index (χ0n) is 10.3. The van der Waals surface area contributed by atoms with Gasteiger partial charge in [0.1, 0.15) is 0 Å². The van der Waals surface area contributed by atoms with Crippen molar-refractivity contribution in [3.05, 3.63) is 29.8 Å². The normalized spacial score (nSPS) is 11.9. The number of amides is 1. The molecule has 5 nitrogen and oxygen atoms in total. The number of carboxylic acids is 1. The molecule has 0 radical (unpaired) electrons. The minimum absolute atomic E-state index is 0.127. The van der Waals surface area contributed by atoms with Crippen molar-refractivity contribution < 1.29 is 14.7 Å². The first-order valence-electron chi connectivity index (χ1n) is 5.86. The Morgan fingerprint density at radius 2 is 2.17 bits per heavy atom. The number of nitrogens with one attached hydrogen (secondary N) is 1. The molecule has 0 spiro atoms. The van der Waals surface area contributed by atoms with Crippen LogP contribution in [0.4, 0.5) is 5.69 Å². The second-order valence-electron chi connectivity index (χ2n) is 4.31. The van der Waals surface area contributed by atoms with Crippen molar-refractivity contribution in [2.45, 2.75) is 19.8 Å². The fraction of sp³-hybridized carbons (Fsp3) is 0.385. The monoisotopic (exact) mass is 250 g/mol. The van der Waals surface area contributed by atoms with Crippen LogP contribution in [0, 0.1) is 5.92 Å². The van der Waals surface area contributed by atoms with E-state index < -0.39 is 5.97 Å². The number of hydrogen-bond donors (Lipinski definition) is 3. The van der Waals surface area contributed by atoms with Crippen LogP contribution in [-0.2, 0) is 4.79 Å². The largest absolute Gasteiger partial charge is 0.478 e. The highest BCUT2D eigenvalue weighted by atomic mass is 16.4. The zero-order valence-corrected chi connectivity index (χ0v) is 10.3. The molecular formula is C13H18N2O3. The van der Waals surface area contributed by atoms with Gasteiger partial charge in [-0.1, -0.05) is 13.0 Å². The molecule has 4 N–H and O–H groups in total. The quantitative estimate of drug-likeness (QED) is 0.716. The highest BCUT2D eigenvalue weighted by molar-refractivity contribution is 5.93. The molecule has 98 valence electrons. The van der Waals surface area contributed by atoms with Crippen molar-refractivity contribution in [2.24, 2.45) is 11.7 Å². The third kappa shape index (κ3) is 4.55. The minimum atomic E-state index is -1.01. The summed E-state index contributed by atoms with van der Waals surface area (Å²) < 4.78 is 0. The fourth-order valence-electron chi connectivity index (χ4n) is 1.45. The van der Waals surface area contributed by atoms with Crippen LogP contribution in [-0.4, -0.2) is 23.5 Å². The van der Waals surface area contributed by atoms with Gasteiger partial charge >= 0.3 is 5.97 Å². The van der Waals surface area contributed by atoms with Crippen LogP contribution in [0.1, 0.15) is 30.1 Å². The molecule has 1 rings (SSSR count). The molecule has 0 aromatic heterocycles. The van der Waals surface area contributed by atoms with Gasteiger partial charge in [-0.2, -0.15) is 0 Å². The number of rotatable bonds is 6. The zero-order chi connectivity index (χ0) is 13.5. The lowest BCUT2D eigenvalue weighted by Gasteiger charge is -2.09. The number of benzene rings is 1. The molecule has 1 amide bonds. The minimum Gasteiger partial charge on any atom is -0.478 e. The van der Waals surface area contributed by atoms with E-state index in [9.17, 15) is 9.59 Å². The summed E-state index contributed by atoms with van der Waals surface area (Å²) >= 11 is 0. The summed E-state index contributed by atoms with van der Waals surface area (Å²) in [6, 6.07) is 6.18. The molecule has 1 aromatic rings. The molecule has 0 fully saturated rings. The van der Waals surface area contributed by atoms with Gasteiger partial charge in [-0.05, 0) is 37.1 Å². The molecule has 0 saturated heterocycles. The maximum absolute atomic E-state index is 11.6. The topological polar surface area (TPSA) is 92.4 Å². The summed E-state index contributed by atoms with van der Waals surface area (Å²) in [6.07, 6.45) is 1.11. The second kappa shape index (κ2) is 6.76. The Kier molecular flexibility index (Phi) is 5.32. The third-order valence-corrected chi connectivity index (χ3v) is 2.66. The van der Waals surface area contributed by atoms with E-state index in [2.05, 4.69) is 5.32 Å². The predicted molar refractivity (Wildman–Crippen MR) is 69.5 cm³/mol. The molecular weight excluding hydrogens is 232 g/mol. The molecule has 0 aliphatic carbocycles. The first-order valence-corrected chi connectivity index (χ1v) is 5.86. The molecule has 5 heteroatoms. The van der Waals surface area contributed by atoms with Crippen LogP contribution < -0.4 is 11.1 Å². The van der Waals surface area contributed by atoms with Crippen LogP contribution in [0.2, 0.25) is 0 Å². The average Bonchev–Trinajstić information content (AvgIpc) is 2.36. The summed E-state index contributed by atoms with van der Waals surface area (Å²) in [6.45, 7) is 2.54. The van der Waals surface area contributed by atoms with E-state index in [1.807, 2.05) is 6.92 Å². The van der Waals surface area contributed by atoms with Crippen LogP contribution in [0.5, 0.6) is 0 Å². The van der Waals surface area contributed by atoms with E-state index in [-0.39, 0.29) is 11.5 Å². The van der Waals surface area contributed by atoms with E-state index >= 15 is 0 Å². The molecule has 0 heterocycles. The number of carboxylic acid groups (broad SMARTS) is 1. The Bertz CT molecular complexity index is 432. The molecule has 0 bridgehead atoms. The van der Waals surface area contributed by atoms with E-state index in [1.54, 1.807) is 12.1 Å². The summed E-state index contributed by atoms with van der Waals surface area (Å²) in [5, 5.41) is 11.5. The molecule has 18 heavy (non-hydrogen) atoms. The summed E-state index contributed by atoms with van der Waals surface area (Å²) in [5.74, 6) is -0.832. The van der Waals surface area contributed by atoms with Gasteiger partial charge in [0.05, 0.1) is 5.56 Å². The smallest absolute Gasteiger partial charge is 0.335 e. The van der Waals surface area contributed by atoms with Gasteiger partial charge in [0.25, 0.3) is 0 Å². The lowest BCUT2D eigenvalue weighted by molar-refractivity contribution is -0.116. The Morgan fingerprint density at radius 3 is 2.78 bits per heavy atom. The molecule has 1 unspecified atom stereocenters. The van der Waals surface area contributed by atoms with Crippen LogP contribution in [0.3, 0.4) is 0 Å². The van der Waals surface area contributed by atoms with Crippen LogP contribution in [0.15, 0.2) is 24.3 Å². The van der Waals surface area contributed by atoms with Gasteiger partial charge < -0.3 is 16.2 Å². The maximum atomic E-state index is 11.6. The van der Waals surface area contributed by atoms with E-state index in [0.29, 0.717) is 24.6 Å². The van der Waals surface area contributed by atoms with Crippen LogP contribution in [0.25, 0.3) is 0 Å². The summed E-state index contributed by atoms with van der Waals surface area (Å²) in [4.78, 5) is 22.4.